The lowest BCUT2D eigenvalue weighted by molar-refractivity contribution is 0.453. The Hall–Kier alpha value is -1.84. The van der Waals surface area contributed by atoms with Crippen LogP contribution in [0.1, 0.15) is 43.2 Å². The van der Waals surface area contributed by atoms with E-state index in [1.54, 1.807) is 16.4 Å². The number of rotatable bonds is 6. The van der Waals surface area contributed by atoms with E-state index in [1.165, 1.54) is 5.57 Å². The molecule has 0 saturated carbocycles. The van der Waals surface area contributed by atoms with Gasteiger partial charge in [-0.1, -0.05) is 61.9 Å². The van der Waals surface area contributed by atoms with E-state index >= 15 is 0 Å². The number of nitrogens with zero attached hydrogens (tertiary/aromatic N) is 1. The van der Waals surface area contributed by atoms with Gasteiger partial charge in [0, 0.05) is 19.0 Å². The van der Waals surface area contributed by atoms with E-state index < -0.39 is 10.0 Å². The summed E-state index contributed by atoms with van der Waals surface area (Å²) in [5, 5.41) is -0.299. The lowest BCUT2D eigenvalue weighted by Crippen LogP contribution is -2.29. The maximum Gasteiger partial charge on any atom is 0.243 e. The SMILES string of the molecule is CCC(=C=C1CN(S(=O)(=O)c2ccc(C)cc2)C[C@H]1[C@H](Cl)c1ccccc1)CC. The maximum atomic E-state index is 13.3. The molecule has 0 amide bonds. The fraction of sp³-hybridized carbons (Fsp3) is 0.375. The van der Waals surface area contributed by atoms with Gasteiger partial charge >= 0.3 is 0 Å². The van der Waals surface area contributed by atoms with Crippen molar-refractivity contribution in [3.63, 3.8) is 0 Å². The van der Waals surface area contributed by atoms with Gasteiger partial charge < -0.3 is 0 Å². The second-order valence-corrected chi connectivity index (χ2v) is 9.90. The zero-order valence-electron chi connectivity index (χ0n) is 17.2. The van der Waals surface area contributed by atoms with Crippen LogP contribution >= 0.6 is 11.6 Å². The average Bonchev–Trinajstić information content (AvgIpc) is 3.17. The van der Waals surface area contributed by atoms with E-state index in [2.05, 4.69) is 19.6 Å². The van der Waals surface area contributed by atoms with Crippen LogP contribution < -0.4 is 0 Å². The van der Waals surface area contributed by atoms with Crippen molar-refractivity contribution in [1.29, 1.82) is 0 Å². The summed E-state index contributed by atoms with van der Waals surface area (Å²) in [5.41, 5.74) is 7.72. The van der Waals surface area contributed by atoms with E-state index in [9.17, 15) is 8.42 Å². The van der Waals surface area contributed by atoms with Gasteiger partial charge in [-0.05, 0) is 48.6 Å². The maximum absolute atomic E-state index is 13.3. The summed E-state index contributed by atoms with van der Waals surface area (Å²) in [7, 11) is -3.58. The molecule has 3 rings (SSSR count). The minimum absolute atomic E-state index is 0.104. The number of benzene rings is 2. The van der Waals surface area contributed by atoms with Crippen molar-refractivity contribution in [1.82, 2.24) is 4.31 Å². The van der Waals surface area contributed by atoms with E-state index in [0.717, 1.165) is 29.5 Å². The average molecular weight is 430 g/mol. The highest BCUT2D eigenvalue weighted by Crippen LogP contribution is 2.40. The predicted molar refractivity (Wildman–Crippen MR) is 120 cm³/mol. The van der Waals surface area contributed by atoms with Crippen LogP contribution in [0.2, 0.25) is 0 Å². The Bertz CT molecular complexity index is 1000. The Kier molecular flexibility index (Phi) is 7.02. The normalized spacial score (nSPS) is 18.5. The first-order valence-corrected chi connectivity index (χ1v) is 12.0. The molecule has 2 atom stereocenters. The summed E-state index contributed by atoms with van der Waals surface area (Å²) in [6.07, 6.45) is 1.80. The molecule has 5 heteroatoms. The number of hydrogen-bond acceptors (Lipinski definition) is 2. The molecule has 0 radical (unpaired) electrons. The molecular formula is C24H28ClNO2S. The highest BCUT2D eigenvalue weighted by Gasteiger charge is 2.39. The van der Waals surface area contributed by atoms with Gasteiger partial charge in [0.2, 0.25) is 10.0 Å². The van der Waals surface area contributed by atoms with Crippen molar-refractivity contribution >= 4 is 21.6 Å². The fourth-order valence-electron chi connectivity index (χ4n) is 3.67. The Morgan fingerprint density at radius 1 is 1.10 bits per heavy atom. The molecule has 2 aromatic carbocycles. The molecule has 1 saturated heterocycles. The molecule has 1 heterocycles. The van der Waals surface area contributed by atoms with Gasteiger partial charge in [0.1, 0.15) is 0 Å². The molecule has 1 aliphatic heterocycles. The first-order chi connectivity index (χ1) is 13.9. The van der Waals surface area contributed by atoms with Crippen LogP contribution in [0.15, 0.2) is 76.4 Å². The van der Waals surface area contributed by atoms with Gasteiger partial charge in [0.05, 0.1) is 10.3 Å². The third kappa shape index (κ3) is 4.84. The van der Waals surface area contributed by atoms with E-state index in [-0.39, 0.29) is 11.3 Å². The largest absolute Gasteiger partial charge is 0.243 e. The van der Waals surface area contributed by atoms with Crippen molar-refractivity contribution < 1.29 is 8.42 Å². The highest BCUT2D eigenvalue weighted by atomic mass is 35.5. The zero-order valence-corrected chi connectivity index (χ0v) is 18.8. The molecule has 1 aliphatic rings. The van der Waals surface area contributed by atoms with Gasteiger partial charge in [-0.15, -0.1) is 17.3 Å². The minimum Gasteiger partial charge on any atom is -0.207 e. The van der Waals surface area contributed by atoms with Crippen LogP contribution in [-0.2, 0) is 10.0 Å². The van der Waals surface area contributed by atoms with Crippen LogP contribution in [0.5, 0.6) is 0 Å². The van der Waals surface area contributed by atoms with Gasteiger partial charge in [-0.2, -0.15) is 4.31 Å². The molecule has 0 bridgehead atoms. The number of aryl methyl sites for hydroxylation is 1. The van der Waals surface area contributed by atoms with E-state index in [1.807, 2.05) is 49.4 Å². The number of alkyl halides is 1. The van der Waals surface area contributed by atoms with Crippen molar-refractivity contribution in [2.24, 2.45) is 5.92 Å². The van der Waals surface area contributed by atoms with Crippen molar-refractivity contribution in [3.05, 3.63) is 82.6 Å². The summed E-state index contributed by atoms with van der Waals surface area (Å²) in [6, 6.07) is 16.9. The summed E-state index contributed by atoms with van der Waals surface area (Å²) < 4.78 is 28.1. The third-order valence-corrected chi connectivity index (χ3v) is 7.90. The standard InChI is InChI=1S/C24H28ClNO2S/c1-4-19(5-2)15-21-16-26(29(27,28)22-13-11-18(3)12-14-22)17-23(21)24(25)20-9-7-6-8-10-20/h6-14,23-24H,4-5,16-17H2,1-3H3/t23-,24-/m1/s1. The molecule has 0 spiro atoms. The fourth-order valence-corrected chi connectivity index (χ4v) is 5.49. The molecule has 0 unspecified atom stereocenters. The molecular weight excluding hydrogens is 402 g/mol. The van der Waals surface area contributed by atoms with Gasteiger partial charge in [-0.25, -0.2) is 8.42 Å². The molecule has 154 valence electrons. The van der Waals surface area contributed by atoms with Gasteiger partial charge in [0.25, 0.3) is 0 Å². The van der Waals surface area contributed by atoms with Crippen LogP contribution in [0.4, 0.5) is 0 Å². The Morgan fingerprint density at radius 2 is 1.72 bits per heavy atom. The Balaban J connectivity index is 2.01. The lowest BCUT2D eigenvalue weighted by atomic mass is 9.93. The van der Waals surface area contributed by atoms with Crippen molar-refractivity contribution in [2.75, 3.05) is 13.1 Å². The summed E-state index contributed by atoms with van der Waals surface area (Å²) in [6.45, 7) is 6.85. The molecule has 1 fully saturated rings. The van der Waals surface area contributed by atoms with E-state index in [0.29, 0.717) is 18.0 Å². The lowest BCUT2D eigenvalue weighted by Gasteiger charge is -2.19. The monoisotopic (exact) mass is 429 g/mol. The second kappa shape index (κ2) is 9.32. The molecule has 0 N–H and O–H groups in total. The third-order valence-electron chi connectivity index (χ3n) is 5.52. The van der Waals surface area contributed by atoms with Gasteiger partial charge in [-0.3, -0.25) is 0 Å². The summed E-state index contributed by atoms with van der Waals surface area (Å²) in [4.78, 5) is 0.323. The Labute approximate surface area is 179 Å². The number of hydrogen-bond donors (Lipinski definition) is 0. The van der Waals surface area contributed by atoms with Crippen LogP contribution in [-0.4, -0.2) is 25.8 Å². The summed E-state index contributed by atoms with van der Waals surface area (Å²) in [5.74, 6) is -0.104. The molecule has 2 aromatic rings. The zero-order chi connectivity index (χ0) is 21.0. The topological polar surface area (TPSA) is 37.4 Å². The van der Waals surface area contributed by atoms with Crippen LogP contribution in [0.25, 0.3) is 0 Å². The quantitative estimate of drug-likeness (QED) is 0.425. The molecule has 0 aromatic heterocycles. The molecule has 29 heavy (non-hydrogen) atoms. The number of halogens is 1. The highest BCUT2D eigenvalue weighted by molar-refractivity contribution is 7.89. The smallest absolute Gasteiger partial charge is 0.207 e. The molecule has 3 nitrogen and oxygen atoms in total. The van der Waals surface area contributed by atoms with Crippen molar-refractivity contribution in [2.45, 2.75) is 43.9 Å². The number of sulfonamides is 1. The first-order valence-electron chi connectivity index (χ1n) is 10.1. The predicted octanol–water partition coefficient (Wildman–Crippen LogP) is 5.87. The molecule has 0 aliphatic carbocycles. The van der Waals surface area contributed by atoms with Crippen LogP contribution in [0.3, 0.4) is 0 Å². The minimum atomic E-state index is -3.58. The van der Waals surface area contributed by atoms with Crippen LogP contribution in [0, 0.1) is 12.8 Å². The van der Waals surface area contributed by atoms with E-state index in [4.69, 9.17) is 11.6 Å². The Morgan fingerprint density at radius 3 is 2.31 bits per heavy atom. The van der Waals surface area contributed by atoms with Gasteiger partial charge in [0.15, 0.2) is 0 Å². The second-order valence-electron chi connectivity index (χ2n) is 7.49. The first kappa shape index (κ1) is 21.9. The van der Waals surface area contributed by atoms with Crippen molar-refractivity contribution in [3.8, 4) is 0 Å². The summed E-state index contributed by atoms with van der Waals surface area (Å²) >= 11 is 6.87.